The van der Waals surface area contributed by atoms with Crippen LogP contribution >= 0.6 is 31.9 Å². The molecule has 23 heavy (non-hydrogen) atoms. The third-order valence-corrected chi connectivity index (χ3v) is 4.32. The van der Waals surface area contributed by atoms with Crippen LogP contribution in [-0.2, 0) is 4.79 Å². The molecule has 0 heterocycles. The third kappa shape index (κ3) is 4.21. The van der Waals surface area contributed by atoms with Crippen molar-refractivity contribution in [2.24, 2.45) is 0 Å². The van der Waals surface area contributed by atoms with Gasteiger partial charge in [-0.15, -0.1) is 0 Å². The molecule has 0 saturated carbocycles. The monoisotopic (exact) mass is 434 g/mol. The summed E-state index contributed by atoms with van der Waals surface area (Å²) in [5.74, 6) is -0.424. The molecule has 2 N–H and O–H groups in total. The van der Waals surface area contributed by atoms with E-state index in [1.54, 1.807) is 18.2 Å². The molecule has 0 fully saturated rings. The second kappa shape index (κ2) is 7.44. The fourth-order valence-corrected chi connectivity index (χ4v) is 3.11. The highest BCUT2D eigenvalue weighted by Crippen LogP contribution is 2.34. The first-order chi connectivity index (χ1) is 10.9. The van der Waals surface area contributed by atoms with E-state index in [1.165, 1.54) is 6.08 Å². The molecule has 6 heteroatoms. The van der Waals surface area contributed by atoms with Crippen LogP contribution in [0, 0.1) is 18.3 Å². The molecule has 2 aromatic carbocycles. The Kier molecular flexibility index (Phi) is 5.59. The van der Waals surface area contributed by atoms with E-state index >= 15 is 0 Å². The van der Waals surface area contributed by atoms with E-state index in [1.807, 2.05) is 31.2 Å². The van der Waals surface area contributed by atoms with Gasteiger partial charge in [0.2, 0.25) is 0 Å². The molecule has 0 bridgehead atoms. The number of rotatable bonds is 3. The Hall–Kier alpha value is -2.10. The number of phenolic OH excluding ortho intramolecular Hbond substituents is 1. The lowest BCUT2D eigenvalue weighted by atomic mass is 10.1. The molecule has 0 spiro atoms. The first kappa shape index (κ1) is 17.3. The molecule has 0 saturated heterocycles. The van der Waals surface area contributed by atoms with E-state index in [4.69, 9.17) is 0 Å². The van der Waals surface area contributed by atoms with Crippen LogP contribution in [0.4, 0.5) is 5.69 Å². The van der Waals surface area contributed by atoms with E-state index in [9.17, 15) is 15.2 Å². The lowest BCUT2D eigenvalue weighted by Crippen LogP contribution is -2.14. The summed E-state index contributed by atoms with van der Waals surface area (Å²) in [7, 11) is 0. The SMILES string of the molecule is Cc1ccccc1NC(=O)/C(C#N)=C\c1cc(Br)c(O)c(Br)c1. The van der Waals surface area contributed by atoms with Gasteiger partial charge < -0.3 is 10.4 Å². The van der Waals surface area contributed by atoms with Crippen LogP contribution < -0.4 is 5.32 Å². The lowest BCUT2D eigenvalue weighted by Gasteiger charge is -2.07. The first-order valence-electron chi connectivity index (χ1n) is 6.59. The summed E-state index contributed by atoms with van der Waals surface area (Å²) in [4.78, 5) is 12.3. The van der Waals surface area contributed by atoms with Crippen LogP contribution in [0.15, 0.2) is 50.9 Å². The number of nitrogens with one attached hydrogen (secondary N) is 1. The number of para-hydroxylation sites is 1. The van der Waals surface area contributed by atoms with E-state index in [0.717, 1.165) is 5.56 Å². The molecule has 0 aromatic heterocycles. The molecule has 0 atom stereocenters. The largest absolute Gasteiger partial charge is 0.506 e. The van der Waals surface area contributed by atoms with Gasteiger partial charge in [0.05, 0.1) is 8.95 Å². The zero-order valence-electron chi connectivity index (χ0n) is 12.1. The molecule has 0 aliphatic rings. The summed E-state index contributed by atoms with van der Waals surface area (Å²) >= 11 is 6.43. The summed E-state index contributed by atoms with van der Waals surface area (Å²) in [5, 5.41) is 21.7. The molecule has 1 amide bonds. The van der Waals surface area contributed by atoms with Gasteiger partial charge >= 0.3 is 0 Å². The number of anilines is 1. The fraction of sp³-hybridized carbons (Fsp3) is 0.0588. The van der Waals surface area contributed by atoms with Crippen molar-refractivity contribution in [2.45, 2.75) is 6.92 Å². The molecular weight excluding hydrogens is 424 g/mol. The van der Waals surface area contributed by atoms with Crippen LogP contribution in [0.2, 0.25) is 0 Å². The van der Waals surface area contributed by atoms with Gasteiger partial charge in [0.1, 0.15) is 17.4 Å². The topological polar surface area (TPSA) is 73.1 Å². The Morgan fingerprint density at radius 3 is 2.43 bits per heavy atom. The predicted octanol–water partition coefficient (Wildman–Crippen LogP) is 4.77. The zero-order chi connectivity index (χ0) is 17.0. The van der Waals surface area contributed by atoms with E-state index in [0.29, 0.717) is 20.2 Å². The smallest absolute Gasteiger partial charge is 0.266 e. The van der Waals surface area contributed by atoms with Gasteiger partial charge in [0.25, 0.3) is 5.91 Å². The van der Waals surface area contributed by atoms with Crippen molar-refractivity contribution in [3.63, 3.8) is 0 Å². The third-order valence-electron chi connectivity index (χ3n) is 3.11. The average molecular weight is 436 g/mol. The Balaban J connectivity index is 2.31. The zero-order valence-corrected chi connectivity index (χ0v) is 15.3. The van der Waals surface area contributed by atoms with Gasteiger partial charge in [-0.05, 0) is 74.2 Å². The van der Waals surface area contributed by atoms with Gasteiger partial charge in [0, 0.05) is 5.69 Å². The summed E-state index contributed by atoms with van der Waals surface area (Å²) in [6.07, 6.45) is 1.46. The Bertz CT molecular complexity index is 816. The maximum Gasteiger partial charge on any atom is 0.266 e. The van der Waals surface area contributed by atoms with E-state index < -0.39 is 5.91 Å². The molecular formula is C17H12Br2N2O2. The highest BCUT2D eigenvalue weighted by atomic mass is 79.9. The van der Waals surface area contributed by atoms with Gasteiger partial charge in [0.15, 0.2) is 0 Å². The van der Waals surface area contributed by atoms with E-state index in [-0.39, 0.29) is 11.3 Å². The van der Waals surface area contributed by atoms with Gasteiger partial charge in [-0.3, -0.25) is 4.79 Å². The normalized spacial score (nSPS) is 11.0. The Labute approximate surface area is 150 Å². The molecule has 0 unspecified atom stereocenters. The van der Waals surface area contributed by atoms with Crippen LogP contribution in [0.5, 0.6) is 5.75 Å². The van der Waals surface area contributed by atoms with Crippen LogP contribution in [-0.4, -0.2) is 11.0 Å². The van der Waals surface area contributed by atoms with Crippen LogP contribution in [0.3, 0.4) is 0 Å². The van der Waals surface area contributed by atoms with Crippen molar-refractivity contribution in [3.8, 4) is 11.8 Å². The van der Waals surface area contributed by atoms with Crippen molar-refractivity contribution in [1.82, 2.24) is 0 Å². The maximum atomic E-state index is 12.3. The van der Waals surface area contributed by atoms with Crippen LogP contribution in [0.1, 0.15) is 11.1 Å². The number of hydrogen-bond donors (Lipinski definition) is 2. The van der Waals surface area contributed by atoms with Crippen molar-refractivity contribution >= 4 is 49.5 Å². The number of aryl methyl sites for hydroxylation is 1. The fourth-order valence-electron chi connectivity index (χ4n) is 1.89. The van der Waals surface area contributed by atoms with Gasteiger partial charge in [-0.2, -0.15) is 5.26 Å². The molecule has 116 valence electrons. The quantitative estimate of drug-likeness (QED) is 0.538. The minimum absolute atomic E-state index is 0.0299. The van der Waals surface area contributed by atoms with Gasteiger partial charge in [-0.25, -0.2) is 0 Å². The minimum atomic E-state index is -0.484. The number of nitrogens with zero attached hydrogens (tertiary/aromatic N) is 1. The van der Waals surface area contributed by atoms with Gasteiger partial charge in [-0.1, -0.05) is 18.2 Å². The Morgan fingerprint density at radius 1 is 1.26 bits per heavy atom. The van der Waals surface area contributed by atoms with Crippen molar-refractivity contribution in [3.05, 3.63) is 62.0 Å². The number of hydrogen-bond acceptors (Lipinski definition) is 3. The number of carbonyl (C=O) groups is 1. The summed E-state index contributed by atoms with van der Waals surface area (Å²) < 4.78 is 0.935. The van der Waals surface area contributed by atoms with E-state index in [2.05, 4.69) is 37.2 Å². The number of benzene rings is 2. The Morgan fingerprint density at radius 2 is 1.87 bits per heavy atom. The van der Waals surface area contributed by atoms with Crippen LogP contribution in [0.25, 0.3) is 6.08 Å². The second-order valence-electron chi connectivity index (χ2n) is 4.77. The van der Waals surface area contributed by atoms with Crippen molar-refractivity contribution < 1.29 is 9.90 Å². The lowest BCUT2D eigenvalue weighted by molar-refractivity contribution is -0.112. The minimum Gasteiger partial charge on any atom is -0.506 e. The highest BCUT2D eigenvalue weighted by molar-refractivity contribution is 9.11. The number of phenols is 1. The number of halogens is 2. The van der Waals surface area contributed by atoms with Crippen molar-refractivity contribution in [1.29, 1.82) is 5.26 Å². The summed E-state index contributed by atoms with van der Waals surface area (Å²) in [6.45, 7) is 1.87. The summed E-state index contributed by atoms with van der Waals surface area (Å²) in [6, 6.07) is 12.5. The molecule has 0 aliphatic carbocycles. The number of aromatic hydroxyl groups is 1. The number of carbonyl (C=O) groups excluding carboxylic acids is 1. The molecule has 0 aliphatic heterocycles. The first-order valence-corrected chi connectivity index (χ1v) is 8.17. The number of nitriles is 1. The molecule has 2 rings (SSSR count). The highest BCUT2D eigenvalue weighted by Gasteiger charge is 2.12. The molecule has 4 nitrogen and oxygen atoms in total. The standard InChI is InChI=1S/C17H12Br2N2O2/c1-10-4-2-3-5-15(10)21-17(23)12(9-20)6-11-7-13(18)16(22)14(19)8-11/h2-8,22H,1H3,(H,21,23)/b12-6-. The summed E-state index contributed by atoms with van der Waals surface area (Å²) in [5.41, 5.74) is 2.15. The predicted molar refractivity (Wildman–Crippen MR) is 96.9 cm³/mol. The van der Waals surface area contributed by atoms with Crippen molar-refractivity contribution in [2.75, 3.05) is 5.32 Å². The second-order valence-corrected chi connectivity index (χ2v) is 6.48. The average Bonchev–Trinajstić information content (AvgIpc) is 2.52. The molecule has 2 aromatic rings. The maximum absolute atomic E-state index is 12.3. The number of amides is 1. The molecule has 0 radical (unpaired) electrons.